The van der Waals surface area contributed by atoms with E-state index in [4.69, 9.17) is 11.6 Å². The summed E-state index contributed by atoms with van der Waals surface area (Å²) in [5.74, 6) is -0.190. The molecule has 0 aliphatic carbocycles. The van der Waals surface area contributed by atoms with E-state index in [1.54, 1.807) is 24.3 Å². The van der Waals surface area contributed by atoms with Crippen LogP contribution >= 0.6 is 11.6 Å². The number of benzene rings is 2. The molecule has 0 heterocycles. The van der Waals surface area contributed by atoms with Crippen molar-refractivity contribution in [1.82, 2.24) is 5.32 Å². The fourth-order valence-corrected chi connectivity index (χ4v) is 2.55. The molecule has 3 nitrogen and oxygen atoms in total. The van der Waals surface area contributed by atoms with Crippen molar-refractivity contribution in [3.05, 3.63) is 87.9 Å². The Kier molecular flexibility index (Phi) is 8.72. The van der Waals surface area contributed by atoms with E-state index in [9.17, 15) is 10.2 Å². The Morgan fingerprint density at radius 2 is 1.72 bits per heavy atom. The summed E-state index contributed by atoms with van der Waals surface area (Å²) in [6.07, 6.45) is 1.75. The first-order chi connectivity index (χ1) is 11.5. The van der Waals surface area contributed by atoms with Gasteiger partial charge in [-0.3, -0.25) is 4.79 Å². The molecule has 1 N–H and O–H groups in total. The van der Waals surface area contributed by atoms with E-state index >= 15 is 0 Å². The van der Waals surface area contributed by atoms with Crippen molar-refractivity contribution in [1.29, 1.82) is 0 Å². The molecule has 0 fully saturated rings. The summed E-state index contributed by atoms with van der Waals surface area (Å²) in [6.45, 7) is 3.96. The number of halogens is 1. The molecule has 0 atom stereocenters. The minimum absolute atomic E-state index is 0. The van der Waals surface area contributed by atoms with Crippen LogP contribution in [0.2, 0.25) is 5.02 Å². The monoisotopic (exact) mass is 346 g/mol. The fourth-order valence-electron chi connectivity index (χ4n) is 2.32. The number of carbonyl (C=O) groups is 1. The van der Waals surface area contributed by atoms with Crippen molar-refractivity contribution in [3.8, 4) is 0 Å². The van der Waals surface area contributed by atoms with Gasteiger partial charge in [-0.05, 0) is 38.0 Å². The van der Waals surface area contributed by atoms with E-state index in [0.717, 1.165) is 5.56 Å². The van der Waals surface area contributed by atoms with Gasteiger partial charge >= 0.3 is 18.9 Å². The second-order valence-electron chi connectivity index (χ2n) is 5.80. The summed E-state index contributed by atoms with van der Waals surface area (Å²) in [7, 11) is 0. The molecule has 0 radical (unpaired) electrons. The van der Waals surface area contributed by atoms with E-state index in [2.05, 4.69) is 5.32 Å². The van der Waals surface area contributed by atoms with Gasteiger partial charge in [0.25, 0.3) is 0 Å². The van der Waals surface area contributed by atoms with Crippen LogP contribution < -0.4 is 24.2 Å². The van der Waals surface area contributed by atoms with Gasteiger partial charge in [0, 0.05) is 23.4 Å². The molecule has 25 heavy (non-hydrogen) atoms. The van der Waals surface area contributed by atoms with E-state index in [-0.39, 0.29) is 42.8 Å². The van der Waals surface area contributed by atoms with Crippen LogP contribution in [0.3, 0.4) is 0 Å². The van der Waals surface area contributed by atoms with Gasteiger partial charge in [-0.15, -0.1) is 0 Å². The second-order valence-corrected chi connectivity index (χ2v) is 6.21. The molecule has 0 spiro atoms. The summed E-state index contributed by atoms with van der Waals surface area (Å²) < 4.78 is 0. The van der Waals surface area contributed by atoms with Crippen LogP contribution in [0.25, 0.3) is 5.41 Å². The van der Waals surface area contributed by atoms with Gasteiger partial charge in [0.15, 0.2) is 5.78 Å². The minimum Gasteiger partial charge on any atom is -0.807 e. The van der Waals surface area contributed by atoms with Gasteiger partial charge in [-0.2, -0.15) is 5.71 Å². The Bertz CT molecular complexity index is 757. The molecular weight excluding hydrogens is 327 g/mol. The van der Waals surface area contributed by atoms with Gasteiger partial charge < -0.3 is 10.7 Å². The van der Waals surface area contributed by atoms with Gasteiger partial charge in [0.1, 0.15) is 0 Å². The molecule has 2 aromatic carbocycles. The average molecular weight is 347 g/mol. The number of hydrogen-bond donors (Lipinski definition) is 1. The summed E-state index contributed by atoms with van der Waals surface area (Å²) in [6, 6.07) is 16.3. The molecule has 2 rings (SSSR count). The zero-order valence-corrected chi connectivity index (χ0v) is 15.5. The molecule has 0 aliphatic rings. The maximum Gasteiger partial charge on any atom is 1.00 e. The molecule has 5 heteroatoms. The molecule has 0 bridgehead atoms. The maximum atomic E-state index is 12.5. The number of nitrogens with one attached hydrogen (secondary N) is 1. The third-order valence-electron chi connectivity index (χ3n) is 3.38. The molecule has 0 saturated carbocycles. The van der Waals surface area contributed by atoms with Crippen LogP contribution in [0.4, 0.5) is 0 Å². The molecule has 0 aliphatic heterocycles. The van der Waals surface area contributed by atoms with Gasteiger partial charge in [0.05, 0.1) is 5.02 Å². The first-order valence-corrected chi connectivity index (χ1v) is 8.21. The standard InChI is InChI=1S/C20H20ClN2O.Li/c1-14(2)23-16(12-19(22)15-8-4-3-5-9-15)13-20(24)17-10-6-7-11-18(17)21;/h3-11,13-14,23H,12H2,1-2H3;/q-1;+1/b16-13-;. The first kappa shape index (κ1) is 21.3. The smallest absolute Gasteiger partial charge is 0.807 e. The first-order valence-electron chi connectivity index (χ1n) is 7.83. The molecule has 2 aromatic rings. The number of ketones is 1. The van der Waals surface area contributed by atoms with Gasteiger partial charge in [-0.25, -0.2) is 0 Å². The molecular formula is C20H20ClLiN2O. The van der Waals surface area contributed by atoms with Crippen molar-refractivity contribution in [3.63, 3.8) is 0 Å². The largest absolute Gasteiger partial charge is 1.00 e. The van der Waals surface area contributed by atoms with Crippen LogP contribution in [0, 0.1) is 0 Å². The predicted molar refractivity (Wildman–Crippen MR) is 101 cm³/mol. The second kappa shape index (κ2) is 10.3. The van der Waals surface area contributed by atoms with Crippen molar-refractivity contribution in [2.75, 3.05) is 0 Å². The molecule has 0 saturated heterocycles. The number of carbonyl (C=O) groups excluding carboxylic acids is 1. The van der Waals surface area contributed by atoms with Gasteiger partial charge in [0.2, 0.25) is 0 Å². The van der Waals surface area contributed by atoms with Crippen molar-refractivity contribution in [2.45, 2.75) is 26.3 Å². The van der Waals surface area contributed by atoms with Crippen molar-refractivity contribution in [2.24, 2.45) is 0 Å². The Balaban J connectivity index is 0.00000312. The van der Waals surface area contributed by atoms with E-state index < -0.39 is 0 Å². The average Bonchev–Trinajstić information content (AvgIpc) is 2.55. The summed E-state index contributed by atoms with van der Waals surface area (Å²) >= 11 is 6.08. The molecule has 124 valence electrons. The number of hydrogen-bond acceptors (Lipinski definition) is 2. The molecule has 0 amide bonds. The Morgan fingerprint density at radius 3 is 2.32 bits per heavy atom. The SMILES string of the molecule is CC(C)N/C(=C\C(=O)c1ccccc1Cl)CC(=[N-])c1ccccc1.[Li+]. The quantitative estimate of drug-likeness (QED) is 0.360. The third kappa shape index (κ3) is 6.55. The number of nitrogens with zero attached hydrogens (tertiary/aromatic N) is 1. The van der Waals surface area contributed by atoms with Gasteiger partial charge in [-0.1, -0.05) is 54.1 Å². The van der Waals surface area contributed by atoms with Crippen molar-refractivity contribution < 1.29 is 23.7 Å². The third-order valence-corrected chi connectivity index (χ3v) is 3.71. The molecule has 0 aromatic heterocycles. The Hall–Kier alpha value is -1.79. The summed E-state index contributed by atoms with van der Waals surface area (Å²) in [5, 5.41) is 14.0. The molecule has 0 unspecified atom stereocenters. The fraction of sp³-hybridized carbons (Fsp3) is 0.200. The Morgan fingerprint density at radius 1 is 1.12 bits per heavy atom. The topological polar surface area (TPSA) is 51.4 Å². The van der Waals surface area contributed by atoms with Crippen LogP contribution in [-0.2, 0) is 0 Å². The van der Waals surface area contributed by atoms with E-state index in [1.165, 1.54) is 6.08 Å². The van der Waals surface area contributed by atoms with Crippen molar-refractivity contribution >= 4 is 23.1 Å². The normalized spacial score (nSPS) is 11.0. The zero-order valence-electron chi connectivity index (χ0n) is 14.8. The van der Waals surface area contributed by atoms with Crippen LogP contribution in [0.15, 0.2) is 66.4 Å². The zero-order chi connectivity index (χ0) is 17.5. The van der Waals surface area contributed by atoms with E-state index in [0.29, 0.717) is 16.3 Å². The number of rotatable bonds is 7. The minimum atomic E-state index is -0.190. The maximum absolute atomic E-state index is 12.5. The summed E-state index contributed by atoms with van der Waals surface area (Å²) in [4.78, 5) is 12.5. The summed E-state index contributed by atoms with van der Waals surface area (Å²) in [5.41, 5.74) is 2.04. The predicted octanol–water partition coefficient (Wildman–Crippen LogP) is 1.86. The van der Waals surface area contributed by atoms with E-state index in [1.807, 2.05) is 44.2 Å². The van der Waals surface area contributed by atoms with Crippen LogP contribution in [0.5, 0.6) is 0 Å². The Labute approximate surface area is 166 Å². The van der Waals surface area contributed by atoms with Crippen LogP contribution in [-0.4, -0.2) is 17.5 Å². The van der Waals surface area contributed by atoms with Crippen LogP contribution in [0.1, 0.15) is 36.2 Å². The number of allylic oxidation sites excluding steroid dienone is 2.